The number of H-pyrrole nitrogens is 1. The minimum absolute atomic E-state index is 0.0165. The summed E-state index contributed by atoms with van der Waals surface area (Å²) in [5.41, 5.74) is 3.26. The van der Waals surface area contributed by atoms with E-state index in [1.54, 1.807) is 6.07 Å². The van der Waals surface area contributed by atoms with Crippen LogP contribution in [0.3, 0.4) is 0 Å². The third kappa shape index (κ3) is 3.94. The van der Waals surface area contributed by atoms with Crippen LogP contribution in [0.4, 0.5) is 0 Å². The number of amides is 1. The van der Waals surface area contributed by atoms with Gasteiger partial charge in [-0.1, -0.05) is 48.5 Å². The molecule has 1 amide bonds. The van der Waals surface area contributed by atoms with Crippen molar-refractivity contribution in [1.82, 2.24) is 19.9 Å². The van der Waals surface area contributed by atoms with Crippen molar-refractivity contribution in [3.05, 3.63) is 100 Å². The van der Waals surface area contributed by atoms with Crippen LogP contribution in [-0.4, -0.2) is 27.0 Å². The molecule has 0 saturated heterocycles. The molecule has 7 heteroatoms. The van der Waals surface area contributed by atoms with Gasteiger partial charge in [-0.05, 0) is 28.6 Å². The molecule has 0 bridgehead atoms. The number of fused-ring (bicyclic) bond motifs is 2. The molecule has 160 valence electrons. The zero-order valence-corrected chi connectivity index (χ0v) is 18.1. The lowest BCUT2D eigenvalue weighted by Crippen LogP contribution is -2.31. The van der Waals surface area contributed by atoms with Crippen molar-refractivity contribution in [1.29, 1.82) is 0 Å². The van der Waals surface area contributed by atoms with Crippen molar-refractivity contribution >= 4 is 38.4 Å². The number of carbonyl (C=O) groups is 1. The molecule has 6 nitrogen and oxygen atoms in total. The largest absolute Gasteiger partial charge is 0.361 e. The van der Waals surface area contributed by atoms with Gasteiger partial charge in [0.1, 0.15) is 4.83 Å². The van der Waals surface area contributed by atoms with Gasteiger partial charge in [0.2, 0.25) is 5.91 Å². The Morgan fingerprint density at radius 3 is 2.75 bits per heavy atom. The topological polar surface area (TPSA) is 79.8 Å². The van der Waals surface area contributed by atoms with Crippen LogP contribution in [0.25, 0.3) is 21.1 Å². The Bertz CT molecular complexity index is 1430. The predicted octanol–water partition coefficient (Wildman–Crippen LogP) is 4.28. The molecule has 2 N–H and O–H groups in total. The molecule has 5 aromatic rings. The minimum Gasteiger partial charge on any atom is -0.361 e. The van der Waals surface area contributed by atoms with E-state index in [0.29, 0.717) is 18.5 Å². The molecule has 32 heavy (non-hydrogen) atoms. The summed E-state index contributed by atoms with van der Waals surface area (Å²) in [6, 6.07) is 20.1. The summed E-state index contributed by atoms with van der Waals surface area (Å²) in [5, 5.41) is 6.67. The van der Waals surface area contributed by atoms with Crippen LogP contribution in [0.2, 0.25) is 0 Å². The molecule has 0 fully saturated rings. The molecule has 0 aliphatic heterocycles. The Kier molecular flexibility index (Phi) is 5.56. The van der Waals surface area contributed by atoms with Crippen LogP contribution in [0.1, 0.15) is 23.5 Å². The first kappa shape index (κ1) is 20.2. The van der Waals surface area contributed by atoms with Crippen LogP contribution in [0.5, 0.6) is 0 Å². The standard InChI is InChI=1S/C25H22N4O2S/c30-23(10-12-29-16-28-24-19(25(29)31)11-13-32-24)27-14-20(17-6-2-1-3-7-17)21-15-26-22-9-5-4-8-18(21)22/h1-9,11,13,15-16,20,26H,10,12,14H2,(H,27,30)/t20-/m1/s1. The van der Waals surface area contributed by atoms with Gasteiger partial charge in [-0.25, -0.2) is 4.98 Å². The van der Waals surface area contributed by atoms with Crippen molar-refractivity contribution in [3.8, 4) is 0 Å². The third-order valence-corrected chi connectivity index (χ3v) is 6.55. The van der Waals surface area contributed by atoms with E-state index in [4.69, 9.17) is 0 Å². The Labute approximate surface area is 188 Å². The molecule has 1 atom stereocenters. The van der Waals surface area contributed by atoms with E-state index in [-0.39, 0.29) is 23.8 Å². The number of aromatic amines is 1. The lowest BCUT2D eigenvalue weighted by molar-refractivity contribution is -0.121. The molecule has 0 aliphatic carbocycles. The maximum atomic E-state index is 12.7. The van der Waals surface area contributed by atoms with Crippen LogP contribution in [0.15, 0.2) is 83.4 Å². The quantitative estimate of drug-likeness (QED) is 0.395. The highest BCUT2D eigenvalue weighted by molar-refractivity contribution is 7.16. The molecule has 3 heterocycles. The van der Waals surface area contributed by atoms with Gasteiger partial charge in [-0.3, -0.25) is 14.2 Å². The van der Waals surface area contributed by atoms with E-state index in [1.807, 2.05) is 41.9 Å². The number of hydrogen-bond donors (Lipinski definition) is 2. The molecule has 0 aliphatic rings. The second-order valence-corrected chi connectivity index (χ2v) is 8.58. The second-order valence-electron chi connectivity index (χ2n) is 7.69. The van der Waals surface area contributed by atoms with Crippen molar-refractivity contribution in [2.75, 3.05) is 6.54 Å². The summed E-state index contributed by atoms with van der Waals surface area (Å²) in [7, 11) is 0. The SMILES string of the molecule is O=C(CCn1cnc2sccc2c1=O)NC[C@H](c1ccccc1)c1c[nH]c2ccccc12. The third-order valence-electron chi connectivity index (χ3n) is 5.73. The average molecular weight is 443 g/mol. The van der Waals surface area contributed by atoms with Gasteiger partial charge < -0.3 is 10.3 Å². The smallest absolute Gasteiger partial charge is 0.262 e. The van der Waals surface area contributed by atoms with Crippen molar-refractivity contribution in [2.24, 2.45) is 0 Å². The van der Waals surface area contributed by atoms with Gasteiger partial charge in [0.25, 0.3) is 5.56 Å². The van der Waals surface area contributed by atoms with Crippen molar-refractivity contribution < 1.29 is 4.79 Å². The fourth-order valence-electron chi connectivity index (χ4n) is 4.05. The number of nitrogens with one attached hydrogen (secondary N) is 2. The summed E-state index contributed by atoms with van der Waals surface area (Å²) in [6.07, 6.45) is 3.76. The maximum absolute atomic E-state index is 12.7. The van der Waals surface area contributed by atoms with Gasteiger partial charge in [-0.15, -0.1) is 11.3 Å². The fourth-order valence-corrected chi connectivity index (χ4v) is 4.78. The lowest BCUT2D eigenvalue weighted by atomic mass is 9.91. The van der Waals surface area contributed by atoms with E-state index in [0.717, 1.165) is 26.9 Å². The van der Waals surface area contributed by atoms with E-state index in [1.165, 1.54) is 22.2 Å². The molecule has 0 saturated carbocycles. The Hall–Kier alpha value is -3.71. The first-order valence-corrected chi connectivity index (χ1v) is 11.4. The molecular formula is C25H22N4O2S. The zero-order valence-electron chi connectivity index (χ0n) is 17.3. The number of aromatic nitrogens is 3. The molecule has 0 spiro atoms. The van der Waals surface area contributed by atoms with Gasteiger partial charge >= 0.3 is 0 Å². The molecule has 2 aromatic carbocycles. The Morgan fingerprint density at radius 1 is 1.06 bits per heavy atom. The highest BCUT2D eigenvalue weighted by Crippen LogP contribution is 2.30. The highest BCUT2D eigenvalue weighted by atomic mass is 32.1. The maximum Gasteiger partial charge on any atom is 0.262 e. The Balaban J connectivity index is 1.31. The number of hydrogen-bond acceptors (Lipinski definition) is 4. The number of nitrogens with zero attached hydrogens (tertiary/aromatic N) is 2. The summed E-state index contributed by atoms with van der Waals surface area (Å²) in [6.45, 7) is 0.772. The van der Waals surface area contributed by atoms with Gasteiger partial charge in [0, 0.05) is 42.5 Å². The number of carbonyl (C=O) groups excluding carboxylic acids is 1. The van der Waals surface area contributed by atoms with Crippen molar-refractivity contribution in [2.45, 2.75) is 18.9 Å². The Morgan fingerprint density at radius 2 is 1.88 bits per heavy atom. The minimum atomic E-state index is -0.106. The van der Waals surface area contributed by atoms with Crippen LogP contribution >= 0.6 is 11.3 Å². The van der Waals surface area contributed by atoms with E-state index >= 15 is 0 Å². The molecule has 0 radical (unpaired) electrons. The molecule has 5 rings (SSSR count). The summed E-state index contributed by atoms with van der Waals surface area (Å²) in [4.78, 5) is 33.5. The summed E-state index contributed by atoms with van der Waals surface area (Å²) >= 11 is 1.44. The van der Waals surface area contributed by atoms with E-state index in [2.05, 4.69) is 39.6 Å². The summed E-state index contributed by atoms with van der Waals surface area (Å²) in [5.74, 6) is -0.0778. The number of benzene rings is 2. The molecule has 0 unspecified atom stereocenters. The molecule has 3 aromatic heterocycles. The average Bonchev–Trinajstić information content (AvgIpc) is 3.48. The number of aryl methyl sites for hydroxylation is 1. The summed E-state index contributed by atoms with van der Waals surface area (Å²) < 4.78 is 1.50. The number of rotatable bonds is 7. The fraction of sp³-hybridized carbons (Fsp3) is 0.160. The zero-order chi connectivity index (χ0) is 21.9. The van der Waals surface area contributed by atoms with Crippen LogP contribution < -0.4 is 10.9 Å². The second kappa shape index (κ2) is 8.80. The highest BCUT2D eigenvalue weighted by Gasteiger charge is 2.19. The van der Waals surface area contributed by atoms with Crippen molar-refractivity contribution in [3.63, 3.8) is 0 Å². The van der Waals surface area contributed by atoms with Gasteiger partial charge in [0.15, 0.2) is 0 Å². The van der Waals surface area contributed by atoms with Gasteiger partial charge in [0.05, 0.1) is 11.7 Å². The number of thiophene rings is 1. The van der Waals surface area contributed by atoms with E-state index in [9.17, 15) is 9.59 Å². The normalized spacial score (nSPS) is 12.2. The first-order chi connectivity index (χ1) is 15.7. The number of para-hydroxylation sites is 1. The first-order valence-electron chi connectivity index (χ1n) is 10.5. The monoisotopic (exact) mass is 442 g/mol. The van der Waals surface area contributed by atoms with Crippen LogP contribution in [-0.2, 0) is 11.3 Å². The predicted molar refractivity (Wildman–Crippen MR) is 128 cm³/mol. The molecular weight excluding hydrogens is 420 g/mol. The lowest BCUT2D eigenvalue weighted by Gasteiger charge is -2.18. The van der Waals surface area contributed by atoms with E-state index < -0.39 is 0 Å². The van der Waals surface area contributed by atoms with Gasteiger partial charge in [-0.2, -0.15) is 0 Å². The van der Waals surface area contributed by atoms with Crippen LogP contribution in [0, 0.1) is 0 Å².